The maximum Gasteiger partial charge on any atom is 0.325 e. The Morgan fingerprint density at radius 1 is 1.44 bits per heavy atom. The van der Waals surface area contributed by atoms with Gasteiger partial charge in [-0.15, -0.1) is 0 Å². The molecule has 1 heterocycles. The summed E-state index contributed by atoms with van der Waals surface area (Å²) in [5.41, 5.74) is -0.750. The highest BCUT2D eigenvalue weighted by molar-refractivity contribution is 9.09. The van der Waals surface area contributed by atoms with Crippen LogP contribution in [0.15, 0.2) is 0 Å². The molecule has 3 amide bonds. The van der Waals surface area contributed by atoms with E-state index in [9.17, 15) is 9.59 Å². The summed E-state index contributed by atoms with van der Waals surface area (Å²) in [6.45, 7) is 6.07. The van der Waals surface area contributed by atoms with Crippen LogP contribution in [-0.2, 0) is 4.79 Å². The monoisotopic (exact) mass is 290 g/mol. The second kappa shape index (κ2) is 5.17. The summed E-state index contributed by atoms with van der Waals surface area (Å²) < 4.78 is 0. The van der Waals surface area contributed by atoms with E-state index in [1.54, 1.807) is 13.8 Å². The van der Waals surface area contributed by atoms with Crippen LogP contribution in [0.25, 0.3) is 0 Å². The molecule has 4 nitrogen and oxygen atoms in total. The number of hydrogen-bond acceptors (Lipinski definition) is 2. The average molecular weight is 291 g/mol. The van der Waals surface area contributed by atoms with Crippen LogP contribution in [0, 0.1) is 5.92 Å². The van der Waals surface area contributed by atoms with Gasteiger partial charge in [0.05, 0.1) is 0 Å². The van der Waals surface area contributed by atoms with E-state index in [1.165, 1.54) is 4.90 Å². The number of hydrogen-bond donors (Lipinski definition) is 1. The highest BCUT2D eigenvalue weighted by Gasteiger charge is 2.44. The Kier molecular flexibility index (Phi) is 4.35. The standard InChI is InChI=1S/C11H19BrN2O2/c1-4-5-8(6-12)7-14-9(15)11(2,3)13-10(14)16/h8H,4-7H2,1-3H3,(H,13,16). The van der Waals surface area contributed by atoms with Crippen LogP contribution in [0.1, 0.15) is 33.6 Å². The number of nitrogens with one attached hydrogen (secondary N) is 1. The first-order valence-corrected chi connectivity index (χ1v) is 6.74. The number of urea groups is 1. The van der Waals surface area contributed by atoms with Crippen molar-refractivity contribution in [1.29, 1.82) is 0 Å². The molecule has 0 bridgehead atoms. The molecule has 0 aliphatic carbocycles. The molecule has 5 heteroatoms. The molecular weight excluding hydrogens is 272 g/mol. The zero-order chi connectivity index (χ0) is 12.3. The van der Waals surface area contributed by atoms with E-state index in [1.807, 2.05) is 0 Å². The topological polar surface area (TPSA) is 49.4 Å². The Hall–Kier alpha value is -0.580. The van der Waals surface area contributed by atoms with Gasteiger partial charge in [0.1, 0.15) is 5.54 Å². The zero-order valence-corrected chi connectivity index (χ0v) is 11.6. The number of imide groups is 1. The number of amides is 3. The molecule has 1 aliphatic heterocycles. The molecule has 0 radical (unpaired) electrons. The van der Waals surface area contributed by atoms with E-state index in [2.05, 4.69) is 28.2 Å². The Labute approximate surface area is 105 Å². The van der Waals surface area contributed by atoms with Gasteiger partial charge < -0.3 is 5.32 Å². The fourth-order valence-corrected chi connectivity index (χ4v) is 2.40. The highest BCUT2D eigenvalue weighted by Crippen LogP contribution is 2.20. The van der Waals surface area contributed by atoms with Gasteiger partial charge >= 0.3 is 6.03 Å². The van der Waals surface area contributed by atoms with Gasteiger partial charge in [-0.1, -0.05) is 29.3 Å². The summed E-state index contributed by atoms with van der Waals surface area (Å²) in [4.78, 5) is 24.9. The first kappa shape index (κ1) is 13.5. The summed E-state index contributed by atoms with van der Waals surface area (Å²) in [6, 6.07) is -0.267. The SMILES string of the molecule is CCCC(CBr)CN1C(=O)NC(C)(C)C1=O. The van der Waals surface area contributed by atoms with Crippen LogP contribution in [0.3, 0.4) is 0 Å². The lowest BCUT2D eigenvalue weighted by Crippen LogP contribution is -2.41. The van der Waals surface area contributed by atoms with Crippen molar-refractivity contribution in [3.63, 3.8) is 0 Å². The third-order valence-corrected chi connectivity index (χ3v) is 3.72. The summed E-state index contributed by atoms with van der Waals surface area (Å²) in [5, 5.41) is 3.50. The van der Waals surface area contributed by atoms with Crippen LogP contribution in [-0.4, -0.2) is 34.3 Å². The number of alkyl halides is 1. The first-order valence-electron chi connectivity index (χ1n) is 5.62. The van der Waals surface area contributed by atoms with Crippen molar-refractivity contribution in [3.05, 3.63) is 0 Å². The van der Waals surface area contributed by atoms with Gasteiger partial charge in [-0.25, -0.2) is 4.79 Å². The second-order valence-corrected chi connectivity index (χ2v) is 5.43. The molecule has 0 aromatic heterocycles. The third-order valence-electron chi connectivity index (χ3n) is 2.80. The van der Waals surface area contributed by atoms with Crippen LogP contribution < -0.4 is 5.32 Å². The van der Waals surface area contributed by atoms with Crippen molar-refractivity contribution in [3.8, 4) is 0 Å². The minimum atomic E-state index is -0.750. The van der Waals surface area contributed by atoms with Crippen LogP contribution in [0.2, 0.25) is 0 Å². The van der Waals surface area contributed by atoms with Crippen molar-refractivity contribution in [2.45, 2.75) is 39.2 Å². The fourth-order valence-electron chi connectivity index (χ4n) is 1.87. The first-order chi connectivity index (χ1) is 7.42. The minimum Gasteiger partial charge on any atom is -0.324 e. The van der Waals surface area contributed by atoms with E-state index in [-0.39, 0.29) is 11.9 Å². The normalized spacial score (nSPS) is 21.1. The van der Waals surface area contributed by atoms with Crippen molar-refractivity contribution in [2.24, 2.45) is 5.92 Å². The number of rotatable bonds is 5. The molecule has 1 saturated heterocycles. The number of carbonyl (C=O) groups excluding carboxylic acids is 2. The average Bonchev–Trinajstić information content (AvgIpc) is 2.39. The van der Waals surface area contributed by atoms with Crippen molar-refractivity contribution in [2.75, 3.05) is 11.9 Å². The molecule has 1 atom stereocenters. The number of nitrogens with zero attached hydrogens (tertiary/aromatic N) is 1. The lowest BCUT2D eigenvalue weighted by Gasteiger charge is -2.20. The maximum atomic E-state index is 11.9. The molecular formula is C11H19BrN2O2. The summed E-state index contributed by atoms with van der Waals surface area (Å²) >= 11 is 3.42. The third kappa shape index (κ3) is 2.75. The molecule has 1 N–H and O–H groups in total. The molecule has 1 rings (SSSR count). The molecule has 0 spiro atoms. The van der Waals surface area contributed by atoms with Gasteiger partial charge in [-0.3, -0.25) is 9.69 Å². The predicted octanol–water partition coefficient (Wildman–Crippen LogP) is 2.13. The van der Waals surface area contributed by atoms with E-state index in [4.69, 9.17) is 0 Å². The molecule has 1 fully saturated rings. The lowest BCUT2D eigenvalue weighted by molar-refractivity contribution is -0.130. The second-order valence-electron chi connectivity index (χ2n) is 4.78. The van der Waals surface area contributed by atoms with Crippen LogP contribution >= 0.6 is 15.9 Å². The molecule has 0 aromatic carbocycles. The van der Waals surface area contributed by atoms with Gasteiger partial charge in [0, 0.05) is 11.9 Å². The van der Waals surface area contributed by atoms with Gasteiger partial charge in [-0.05, 0) is 26.2 Å². The largest absolute Gasteiger partial charge is 0.325 e. The molecule has 92 valence electrons. The number of halogens is 1. The Morgan fingerprint density at radius 2 is 2.06 bits per heavy atom. The van der Waals surface area contributed by atoms with E-state index in [0.717, 1.165) is 18.2 Å². The van der Waals surface area contributed by atoms with Crippen molar-refractivity contribution >= 4 is 27.9 Å². The summed E-state index contributed by atoms with van der Waals surface area (Å²) in [6.07, 6.45) is 2.08. The number of carbonyl (C=O) groups is 2. The van der Waals surface area contributed by atoms with Gasteiger partial charge in [-0.2, -0.15) is 0 Å². The molecule has 1 aliphatic rings. The molecule has 16 heavy (non-hydrogen) atoms. The fraction of sp³-hybridized carbons (Fsp3) is 0.818. The van der Waals surface area contributed by atoms with E-state index in [0.29, 0.717) is 12.5 Å². The van der Waals surface area contributed by atoms with E-state index >= 15 is 0 Å². The summed E-state index contributed by atoms with van der Waals surface area (Å²) in [7, 11) is 0. The van der Waals surface area contributed by atoms with Crippen molar-refractivity contribution in [1.82, 2.24) is 10.2 Å². The Morgan fingerprint density at radius 3 is 2.44 bits per heavy atom. The van der Waals surface area contributed by atoms with Crippen molar-refractivity contribution < 1.29 is 9.59 Å². The lowest BCUT2D eigenvalue weighted by atomic mass is 10.0. The Balaban J connectivity index is 2.67. The van der Waals surface area contributed by atoms with Gasteiger partial charge in [0.25, 0.3) is 5.91 Å². The van der Waals surface area contributed by atoms with Gasteiger partial charge in [0.15, 0.2) is 0 Å². The highest BCUT2D eigenvalue weighted by atomic mass is 79.9. The predicted molar refractivity (Wildman–Crippen MR) is 66.5 cm³/mol. The van der Waals surface area contributed by atoms with E-state index < -0.39 is 5.54 Å². The molecule has 0 saturated carbocycles. The van der Waals surface area contributed by atoms with Crippen LogP contribution in [0.4, 0.5) is 4.79 Å². The molecule has 1 unspecified atom stereocenters. The maximum absolute atomic E-state index is 11.9. The zero-order valence-electron chi connectivity index (χ0n) is 10.0. The van der Waals surface area contributed by atoms with Crippen LogP contribution in [0.5, 0.6) is 0 Å². The minimum absolute atomic E-state index is 0.125. The summed E-state index contributed by atoms with van der Waals surface area (Å²) in [5.74, 6) is 0.216. The smallest absolute Gasteiger partial charge is 0.324 e. The molecule has 0 aromatic rings. The quantitative estimate of drug-likeness (QED) is 0.623. The van der Waals surface area contributed by atoms with Gasteiger partial charge in [0.2, 0.25) is 0 Å². The Bertz CT molecular complexity index is 292.